The lowest BCUT2D eigenvalue weighted by atomic mass is 9.81. The topological polar surface area (TPSA) is 211 Å². The van der Waals surface area contributed by atoms with Gasteiger partial charge in [0.1, 0.15) is 36.6 Å². The average molecular weight is 545 g/mol. The van der Waals surface area contributed by atoms with Gasteiger partial charge in [-0.05, 0) is 6.08 Å². The van der Waals surface area contributed by atoms with Gasteiger partial charge < -0.3 is 59.1 Å². The lowest BCUT2D eigenvalue weighted by Crippen LogP contribution is -2.60. The van der Waals surface area contributed by atoms with Gasteiger partial charge in [-0.3, -0.25) is 0 Å². The second-order valence-electron chi connectivity index (χ2n) is 9.46. The van der Waals surface area contributed by atoms with Gasteiger partial charge in [-0.1, -0.05) is 6.08 Å². The van der Waals surface area contributed by atoms with Crippen molar-refractivity contribution in [1.82, 2.24) is 0 Å². The first-order chi connectivity index (χ1) is 18.1. The Bertz CT molecular complexity index is 962. The van der Waals surface area contributed by atoms with Crippen LogP contribution in [0.1, 0.15) is 12.8 Å². The zero-order chi connectivity index (χ0) is 27.7. The van der Waals surface area contributed by atoms with E-state index in [9.17, 15) is 40.2 Å². The van der Waals surface area contributed by atoms with Gasteiger partial charge in [-0.2, -0.15) is 0 Å². The number of carbonyl (C=O) groups is 2. The third-order valence-electron chi connectivity index (χ3n) is 7.15. The first-order valence-corrected chi connectivity index (χ1v) is 12.0. The van der Waals surface area contributed by atoms with Crippen LogP contribution < -0.4 is 0 Å². The Morgan fingerprint density at radius 3 is 2.47 bits per heavy atom. The SMILES string of the molecule is C=C[C@@H]1C(C[C@H]2OC3C=C(C(=O)O)CC(O)C3O2)C(C(=O)OC)=CO[C@H]1O[C@@H]1O[C@H](CO)[C@@H](O)[C@H](O)[C@H]1O. The van der Waals surface area contributed by atoms with Crippen molar-refractivity contribution in [2.24, 2.45) is 11.8 Å². The van der Waals surface area contributed by atoms with Gasteiger partial charge in [0, 0.05) is 30.3 Å². The fraction of sp³-hybridized carbons (Fsp3) is 0.667. The number of carboxylic acid groups (broad SMARTS) is 1. The quantitative estimate of drug-likeness (QED) is 0.143. The number of esters is 1. The highest BCUT2D eigenvalue weighted by Crippen LogP contribution is 2.41. The van der Waals surface area contributed by atoms with Gasteiger partial charge in [-0.15, -0.1) is 6.58 Å². The number of aliphatic hydroxyl groups is 5. The van der Waals surface area contributed by atoms with E-state index in [-0.39, 0.29) is 24.0 Å². The Hall–Kier alpha value is -2.40. The molecular weight excluding hydrogens is 512 g/mol. The highest BCUT2D eigenvalue weighted by atomic mass is 16.8. The van der Waals surface area contributed by atoms with Crippen LogP contribution >= 0.6 is 0 Å². The standard InChI is InChI=1S/C24H32O14/c1-3-10-11(6-16-35-14-5-9(21(30)31)4-13(26)20(14)37-16)12(22(32)33-2)8-34-23(10)38-24-19(29)18(28)17(27)15(7-25)36-24/h3,5,8,10-11,13-20,23-29H,1,4,6-7H2,2H3,(H,30,31)/t10-,11?,13?,14?,15-,16+,17-,18+,19-,20?,23+,24+/m1/s1. The van der Waals surface area contributed by atoms with E-state index < -0.39 is 92.0 Å². The van der Waals surface area contributed by atoms with E-state index in [1.165, 1.54) is 19.3 Å². The Kier molecular flexibility index (Phi) is 8.86. The minimum Gasteiger partial charge on any atom is -0.478 e. The Morgan fingerprint density at radius 2 is 1.84 bits per heavy atom. The maximum Gasteiger partial charge on any atom is 0.337 e. The lowest BCUT2D eigenvalue weighted by molar-refractivity contribution is -0.339. The van der Waals surface area contributed by atoms with Crippen molar-refractivity contribution >= 4 is 11.9 Å². The molecule has 3 heterocycles. The molecule has 0 bridgehead atoms. The van der Waals surface area contributed by atoms with E-state index >= 15 is 0 Å². The minimum absolute atomic E-state index is 0.00109. The molecule has 0 amide bonds. The van der Waals surface area contributed by atoms with Crippen LogP contribution in [0.3, 0.4) is 0 Å². The first kappa shape index (κ1) is 28.6. The second kappa shape index (κ2) is 11.8. The van der Waals surface area contributed by atoms with E-state index in [4.69, 9.17) is 28.4 Å². The molecule has 4 unspecified atom stereocenters. The minimum atomic E-state index is -1.69. The summed E-state index contributed by atoms with van der Waals surface area (Å²) in [5, 5.41) is 59.6. The molecular formula is C24H32O14. The molecule has 6 N–H and O–H groups in total. The van der Waals surface area contributed by atoms with Crippen LogP contribution in [0.15, 0.2) is 36.1 Å². The van der Waals surface area contributed by atoms with Crippen LogP contribution in [-0.2, 0) is 38.0 Å². The fourth-order valence-corrected chi connectivity index (χ4v) is 5.09. The smallest absolute Gasteiger partial charge is 0.337 e. The third-order valence-corrected chi connectivity index (χ3v) is 7.15. The number of methoxy groups -OCH3 is 1. The predicted octanol–water partition coefficient (Wildman–Crippen LogP) is -2.09. The normalized spacial score (nSPS) is 42.8. The fourth-order valence-electron chi connectivity index (χ4n) is 5.09. The van der Waals surface area contributed by atoms with Crippen molar-refractivity contribution in [2.75, 3.05) is 13.7 Å². The number of rotatable bonds is 8. The molecule has 12 atom stereocenters. The van der Waals surface area contributed by atoms with E-state index in [1.54, 1.807) is 0 Å². The average Bonchev–Trinajstić information content (AvgIpc) is 3.31. The number of aliphatic carboxylic acids is 1. The summed E-state index contributed by atoms with van der Waals surface area (Å²) in [6, 6.07) is 0. The van der Waals surface area contributed by atoms with Gasteiger partial charge in [0.15, 0.2) is 12.6 Å². The van der Waals surface area contributed by atoms with E-state index in [2.05, 4.69) is 6.58 Å². The Labute approximate surface area is 217 Å². The molecule has 4 aliphatic rings. The van der Waals surface area contributed by atoms with Crippen LogP contribution in [0.25, 0.3) is 0 Å². The van der Waals surface area contributed by atoms with Crippen LogP contribution in [0.5, 0.6) is 0 Å². The van der Waals surface area contributed by atoms with Crippen molar-refractivity contribution in [3.8, 4) is 0 Å². The first-order valence-electron chi connectivity index (χ1n) is 12.0. The van der Waals surface area contributed by atoms with Crippen molar-refractivity contribution in [3.05, 3.63) is 36.1 Å². The van der Waals surface area contributed by atoms with Crippen molar-refractivity contribution in [2.45, 2.75) is 74.4 Å². The maximum absolute atomic E-state index is 12.5. The molecule has 0 aromatic heterocycles. The molecule has 3 aliphatic heterocycles. The molecule has 14 nitrogen and oxygen atoms in total. The number of carbonyl (C=O) groups excluding carboxylic acids is 1. The Balaban J connectivity index is 1.53. The van der Waals surface area contributed by atoms with E-state index in [1.807, 2.05) is 0 Å². The van der Waals surface area contributed by atoms with E-state index in [0.717, 1.165) is 6.26 Å². The van der Waals surface area contributed by atoms with Gasteiger partial charge in [-0.25, -0.2) is 9.59 Å². The predicted molar refractivity (Wildman–Crippen MR) is 121 cm³/mol. The molecule has 0 spiro atoms. The highest BCUT2D eigenvalue weighted by Gasteiger charge is 2.50. The van der Waals surface area contributed by atoms with Crippen molar-refractivity contribution in [1.29, 1.82) is 0 Å². The summed E-state index contributed by atoms with van der Waals surface area (Å²) in [6.07, 6.45) is -8.71. The maximum atomic E-state index is 12.5. The summed E-state index contributed by atoms with van der Waals surface area (Å²) in [5.41, 5.74) is 0.0941. The van der Waals surface area contributed by atoms with E-state index in [0.29, 0.717) is 0 Å². The summed E-state index contributed by atoms with van der Waals surface area (Å²) in [4.78, 5) is 23.9. The van der Waals surface area contributed by atoms with Crippen LogP contribution in [0.4, 0.5) is 0 Å². The highest BCUT2D eigenvalue weighted by molar-refractivity contribution is 5.89. The molecule has 0 saturated carbocycles. The number of hydrogen-bond acceptors (Lipinski definition) is 13. The van der Waals surface area contributed by atoms with Crippen molar-refractivity contribution in [3.63, 3.8) is 0 Å². The van der Waals surface area contributed by atoms with Gasteiger partial charge in [0.2, 0.25) is 6.29 Å². The zero-order valence-electron chi connectivity index (χ0n) is 20.4. The number of aliphatic hydroxyl groups excluding tert-OH is 5. The van der Waals surface area contributed by atoms with Crippen LogP contribution in [0, 0.1) is 11.8 Å². The molecule has 4 rings (SSSR count). The molecule has 0 radical (unpaired) electrons. The number of fused-ring (bicyclic) bond motifs is 1. The van der Waals surface area contributed by atoms with Crippen LogP contribution in [-0.4, -0.2) is 118 Å². The second-order valence-corrected chi connectivity index (χ2v) is 9.46. The number of carboxylic acids is 1. The molecule has 38 heavy (non-hydrogen) atoms. The van der Waals surface area contributed by atoms with Crippen molar-refractivity contribution < 1.29 is 68.6 Å². The van der Waals surface area contributed by atoms with Gasteiger partial charge >= 0.3 is 11.9 Å². The number of ether oxygens (including phenoxy) is 6. The van der Waals surface area contributed by atoms with Crippen LogP contribution in [0.2, 0.25) is 0 Å². The molecule has 0 aromatic carbocycles. The Morgan fingerprint density at radius 1 is 1.11 bits per heavy atom. The largest absolute Gasteiger partial charge is 0.478 e. The molecule has 2 saturated heterocycles. The number of hydrogen-bond donors (Lipinski definition) is 6. The third kappa shape index (κ3) is 5.50. The molecule has 14 heteroatoms. The van der Waals surface area contributed by atoms with Gasteiger partial charge in [0.05, 0.1) is 31.7 Å². The molecule has 2 fully saturated rings. The molecule has 212 valence electrons. The zero-order valence-corrected chi connectivity index (χ0v) is 20.4. The molecule has 0 aromatic rings. The summed E-state index contributed by atoms with van der Waals surface area (Å²) in [7, 11) is 1.19. The summed E-state index contributed by atoms with van der Waals surface area (Å²) >= 11 is 0. The van der Waals surface area contributed by atoms with Gasteiger partial charge in [0.25, 0.3) is 0 Å². The molecule has 1 aliphatic carbocycles. The summed E-state index contributed by atoms with van der Waals surface area (Å²) in [6.45, 7) is 3.14. The summed E-state index contributed by atoms with van der Waals surface area (Å²) in [5.74, 6) is -3.41. The monoisotopic (exact) mass is 544 g/mol. The summed E-state index contributed by atoms with van der Waals surface area (Å²) < 4.78 is 33.4. The lowest BCUT2D eigenvalue weighted by Gasteiger charge is -2.43.